The maximum Gasteiger partial charge on any atom is 0.336 e. The van der Waals surface area contributed by atoms with Crippen LogP contribution < -0.4 is 4.90 Å². The number of carbonyl (C=O) groups is 1. The molecule has 1 N–H and O–H groups in total. The second-order valence-corrected chi connectivity index (χ2v) is 5.29. The van der Waals surface area contributed by atoms with Crippen molar-refractivity contribution in [2.75, 3.05) is 31.2 Å². The van der Waals surface area contributed by atoms with Crippen LogP contribution in [0.3, 0.4) is 0 Å². The zero-order valence-electron chi connectivity index (χ0n) is 12.9. The first-order valence-electron chi connectivity index (χ1n) is 7.44. The van der Waals surface area contributed by atoms with Crippen LogP contribution in [-0.4, -0.2) is 43.6 Å². The first-order chi connectivity index (χ1) is 11.1. The summed E-state index contributed by atoms with van der Waals surface area (Å²) in [5.74, 6) is 0.476. The largest absolute Gasteiger partial charge is 0.478 e. The molecule has 0 bridgehead atoms. The molecule has 2 heterocycles. The molecule has 0 saturated carbocycles. The molecule has 1 aliphatic rings. The average Bonchev–Trinajstić information content (AvgIpc) is 3.03. The van der Waals surface area contributed by atoms with Gasteiger partial charge in [-0.2, -0.15) is 0 Å². The number of hydrogen-bond acceptors (Lipinski definition) is 5. The zero-order valence-corrected chi connectivity index (χ0v) is 12.9. The van der Waals surface area contributed by atoms with Gasteiger partial charge in [0, 0.05) is 19.2 Å². The Labute approximate surface area is 134 Å². The fourth-order valence-electron chi connectivity index (χ4n) is 2.49. The predicted octanol–water partition coefficient (Wildman–Crippen LogP) is 2.87. The summed E-state index contributed by atoms with van der Waals surface area (Å²) in [6.07, 6.45) is 1.61. The van der Waals surface area contributed by atoms with Gasteiger partial charge in [-0.15, -0.1) is 0 Å². The van der Waals surface area contributed by atoms with Crippen molar-refractivity contribution in [1.82, 2.24) is 0 Å². The lowest BCUT2D eigenvalue weighted by atomic mass is 10.1. The van der Waals surface area contributed by atoms with Gasteiger partial charge in [0.25, 0.3) is 0 Å². The van der Waals surface area contributed by atoms with Crippen molar-refractivity contribution in [3.05, 3.63) is 47.2 Å². The number of aliphatic imine (C=N–C) groups is 1. The minimum atomic E-state index is -0.952. The Hall–Kier alpha value is -2.60. The van der Waals surface area contributed by atoms with Crippen molar-refractivity contribution in [2.24, 2.45) is 4.99 Å². The molecule has 23 heavy (non-hydrogen) atoms. The molecule has 0 aliphatic carbocycles. The molecular weight excluding hydrogens is 296 g/mol. The van der Waals surface area contributed by atoms with Crippen LogP contribution in [0.25, 0.3) is 0 Å². The van der Waals surface area contributed by atoms with E-state index >= 15 is 0 Å². The number of morpholine rings is 1. The SMILES string of the molecule is Cc1c(N=Cc2ccc(N3CCOCC3)o2)cccc1C(=O)O. The quantitative estimate of drug-likeness (QED) is 0.878. The Bertz CT molecular complexity index is 730. The highest BCUT2D eigenvalue weighted by Crippen LogP contribution is 2.23. The van der Waals surface area contributed by atoms with Crippen LogP contribution in [0.2, 0.25) is 0 Å². The maximum atomic E-state index is 11.1. The first kappa shape index (κ1) is 15.3. The third-order valence-corrected chi connectivity index (χ3v) is 3.80. The molecule has 1 aliphatic heterocycles. The number of nitrogens with zero attached hydrogens (tertiary/aromatic N) is 2. The van der Waals surface area contributed by atoms with Gasteiger partial charge in [0.15, 0.2) is 5.88 Å². The van der Waals surface area contributed by atoms with E-state index in [4.69, 9.17) is 14.3 Å². The maximum absolute atomic E-state index is 11.1. The van der Waals surface area contributed by atoms with E-state index < -0.39 is 5.97 Å². The lowest BCUT2D eigenvalue weighted by Gasteiger charge is -2.26. The molecule has 0 amide bonds. The van der Waals surface area contributed by atoms with Crippen LogP contribution in [0, 0.1) is 6.92 Å². The van der Waals surface area contributed by atoms with Gasteiger partial charge >= 0.3 is 5.97 Å². The summed E-state index contributed by atoms with van der Waals surface area (Å²) in [6.45, 7) is 4.77. The molecule has 120 valence electrons. The topological polar surface area (TPSA) is 75.3 Å². The Kier molecular flexibility index (Phi) is 4.43. The van der Waals surface area contributed by atoms with E-state index in [1.54, 1.807) is 31.3 Å². The highest BCUT2D eigenvalue weighted by molar-refractivity contribution is 5.91. The van der Waals surface area contributed by atoms with Crippen LogP contribution in [-0.2, 0) is 4.74 Å². The average molecular weight is 314 g/mol. The molecule has 2 aromatic rings. The zero-order chi connectivity index (χ0) is 16.2. The highest BCUT2D eigenvalue weighted by Gasteiger charge is 2.14. The number of aromatic carboxylic acids is 1. The van der Waals surface area contributed by atoms with Gasteiger partial charge in [-0.3, -0.25) is 4.99 Å². The standard InChI is InChI=1S/C17H18N2O4/c1-12-14(17(20)21)3-2-4-15(12)18-11-13-5-6-16(23-13)19-7-9-22-10-8-19/h2-6,11H,7-10H2,1H3,(H,20,21). The predicted molar refractivity (Wildman–Crippen MR) is 87.1 cm³/mol. The number of carboxylic acids is 1. The molecular formula is C17H18N2O4. The molecule has 0 spiro atoms. The first-order valence-corrected chi connectivity index (χ1v) is 7.44. The van der Waals surface area contributed by atoms with Crippen molar-refractivity contribution >= 4 is 23.8 Å². The van der Waals surface area contributed by atoms with E-state index in [0.29, 0.717) is 30.2 Å². The summed E-state index contributed by atoms with van der Waals surface area (Å²) in [5.41, 5.74) is 1.51. The van der Waals surface area contributed by atoms with E-state index in [-0.39, 0.29) is 5.56 Å². The molecule has 1 saturated heterocycles. The number of furan rings is 1. The van der Waals surface area contributed by atoms with E-state index in [1.165, 1.54) is 0 Å². The van der Waals surface area contributed by atoms with E-state index in [1.807, 2.05) is 12.1 Å². The van der Waals surface area contributed by atoms with Gasteiger partial charge in [0.2, 0.25) is 0 Å². The molecule has 3 rings (SSSR count). The summed E-state index contributed by atoms with van der Waals surface area (Å²) in [7, 11) is 0. The lowest BCUT2D eigenvalue weighted by molar-refractivity contribution is 0.0696. The number of rotatable bonds is 4. The summed E-state index contributed by atoms with van der Waals surface area (Å²) < 4.78 is 11.1. The summed E-state index contributed by atoms with van der Waals surface area (Å²) in [4.78, 5) is 17.6. The number of carboxylic acid groups (broad SMARTS) is 1. The molecule has 0 radical (unpaired) electrons. The fourth-order valence-corrected chi connectivity index (χ4v) is 2.49. The van der Waals surface area contributed by atoms with Crippen molar-refractivity contribution in [3.63, 3.8) is 0 Å². The van der Waals surface area contributed by atoms with Crippen LogP contribution in [0.15, 0.2) is 39.7 Å². The number of anilines is 1. The Morgan fingerprint density at radius 2 is 2.04 bits per heavy atom. The molecule has 0 unspecified atom stereocenters. The fraction of sp³-hybridized carbons (Fsp3) is 0.294. The smallest absolute Gasteiger partial charge is 0.336 e. The highest BCUT2D eigenvalue weighted by atomic mass is 16.5. The number of benzene rings is 1. The number of ether oxygens (including phenoxy) is 1. The summed E-state index contributed by atoms with van der Waals surface area (Å²) in [6, 6.07) is 8.80. The molecule has 1 aromatic heterocycles. The van der Waals surface area contributed by atoms with Gasteiger partial charge in [-0.25, -0.2) is 4.79 Å². The van der Waals surface area contributed by atoms with Crippen molar-refractivity contribution in [3.8, 4) is 0 Å². The normalized spacial score (nSPS) is 15.3. The van der Waals surface area contributed by atoms with Gasteiger partial charge in [-0.1, -0.05) is 6.07 Å². The summed E-state index contributed by atoms with van der Waals surface area (Å²) >= 11 is 0. The molecule has 1 aromatic carbocycles. The van der Waals surface area contributed by atoms with E-state index in [9.17, 15) is 4.79 Å². The van der Waals surface area contributed by atoms with Crippen LogP contribution in [0.5, 0.6) is 0 Å². The van der Waals surface area contributed by atoms with Crippen molar-refractivity contribution < 1.29 is 19.1 Å². The van der Waals surface area contributed by atoms with Crippen molar-refractivity contribution in [1.29, 1.82) is 0 Å². The van der Waals surface area contributed by atoms with E-state index in [2.05, 4.69) is 9.89 Å². The third-order valence-electron chi connectivity index (χ3n) is 3.80. The minimum absolute atomic E-state index is 0.258. The lowest BCUT2D eigenvalue weighted by Crippen LogP contribution is -2.35. The summed E-state index contributed by atoms with van der Waals surface area (Å²) in [5, 5.41) is 9.14. The monoisotopic (exact) mass is 314 g/mol. The molecule has 6 heteroatoms. The van der Waals surface area contributed by atoms with Gasteiger partial charge in [-0.05, 0) is 30.7 Å². The third kappa shape index (κ3) is 3.43. The van der Waals surface area contributed by atoms with Crippen LogP contribution in [0.4, 0.5) is 11.6 Å². The Morgan fingerprint density at radius 1 is 1.26 bits per heavy atom. The van der Waals surface area contributed by atoms with Gasteiger partial charge in [0.1, 0.15) is 5.76 Å². The Balaban J connectivity index is 1.77. The van der Waals surface area contributed by atoms with Crippen LogP contribution >= 0.6 is 0 Å². The molecule has 6 nitrogen and oxygen atoms in total. The van der Waals surface area contributed by atoms with Gasteiger partial charge < -0.3 is 19.2 Å². The second kappa shape index (κ2) is 6.66. The number of hydrogen-bond donors (Lipinski definition) is 1. The second-order valence-electron chi connectivity index (χ2n) is 5.29. The molecule has 0 atom stereocenters. The van der Waals surface area contributed by atoms with Gasteiger partial charge in [0.05, 0.1) is 30.7 Å². The van der Waals surface area contributed by atoms with Crippen LogP contribution in [0.1, 0.15) is 21.7 Å². The minimum Gasteiger partial charge on any atom is -0.478 e. The van der Waals surface area contributed by atoms with E-state index in [0.717, 1.165) is 19.0 Å². The Morgan fingerprint density at radius 3 is 2.78 bits per heavy atom. The molecule has 1 fully saturated rings. The van der Waals surface area contributed by atoms with Crippen molar-refractivity contribution in [2.45, 2.75) is 6.92 Å².